The number of benzene rings is 1. The molecule has 1 aliphatic carbocycles. The zero-order valence-electron chi connectivity index (χ0n) is 16.7. The summed E-state index contributed by atoms with van der Waals surface area (Å²) in [7, 11) is 0. The molecule has 4 rings (SSSR count). The van der Waals surface area contributed by atoms with E-state index in [0.29, 0.717) is 30.6 Å². The Morgan fingerprint density at radius 1 is 1.14 bits per heavy atom. The van der Waals surface area contributed by atoms with Crippen LogP contribution in [0, 0.1) is 11.8 Å². The number of alkyl halides is 3. The van der Waals surface area contributed by atoms with Crippen LogP contribution in [0.3, 0.4) is 0 Å². The molecule has 1 aromatic rings. The number of carbonyl (C=O) groups is 2. The first-order valence-electron chi connectivity index (χ1n) is 10.2. The molecule has 1 spiro atoms. The third-order valence-electron chi connectivity index (χ3n) is 6.92. The lowest BCUT2D eigenvalue weighted by Gasteiger charge is -2.42. The molecule has 3 aliphatic rings. The van der Waals surface area contributed by atoms with E-state index in [9.17, 15) is 22.8 Å². The highest BCUT2D eigenvalue weighted by Crippen LogP contribution is 2.42. The number of halogens is 3. The summed E-state index contributed by atoms with van der Waals surface area (Å²) in [6, 6.07) is 3.29. The largest absolute Gasteiger partial charge is 0.416 e. The Morgan fingerprint density at radius 2 is 1.83 bits per heavy atom. The standard InChI is InChI=1S/C21H26F3N3O2/c1-13-5-3-6-14(2)20(13)18(28)27(19(29)25-20)12-26-10-4-7-15-11-16(21(22,23)24)8-9-17(15)26/h8-9,11,13-14H,3-7,10,12H2,1-2H3,(H,25,29)/t13-,14-/m1/s1. The Labute approximate surface area is 168 Å². The number of fused-ring (bicyclic) bond motifs is 1. The van der Waals surface area contributed by atoms with Crippen LogP contribution in [-0.4, -0.2) is 35.6 Å². The van der Waals surface area contributed by atoms with Gasteiger partial charge in [0.1, 0.15) is 12.2 Å². The lowest BCUT2D eigenvalue weighted by Crippen LogP contribution is -2.59. The van der Waals surface area contributed by atoms with Crippen LogP contribution in [-0.2, 0) is 17.4 Å². The van der Waals surface area contributed by atoms with Crippen LogP contribution in [0.5, 0.6) is 0 Å². The monoisotopic (exact) mass is 409 g/mol. The highest BCUT2D eigenvalue weighted by Gasteiger charge is 2.58. The molecule has 1 saturated carbocycles. The van der Waals surface area contributed by atoms with Gasteiger partial charge in [0.05, 0.1) is 5.56 Å². The average Bonchev–Trinajstić information content (AvgIpc) is 2.91. The second kappa shape index (κ2) is 6.92. The molecule has 2 heterocycles. The number of carbonyl (C=O) groups excluding carboxylic acids is 2. The smallest absolute Gasteiger partial charge is 0.353 e. The van der Waals surface area contributed by atoms with Crippen molar-refractivity contribution in [3.63, 3.8) is 0 Å². The molecule has 1 saturated heterocycles. The Bertz CT molecular complexity index is 829. The normalized spacial score (nSPS) is 26.7. The summed E-state index contributed by atoms with van der Waals surface area (Å²) < 4.78 is 39.1. The third-order valence-corrected chi connectivity index (χ3v) is 6.92. The summed E-state index contributed by atoms with van der Waals surface area (Å²) >= 11 is 0. The van der Waals surface area contributed by atoms with E-state index in [1.807, 2.05) is 18.7 Å². The molecule has 29 heavy (non-hydrogen) atoms. The second-order valence-corrected chi connectivity index (χ2v) is 8.62. The Balaban J connectivity index is 1.59. The van der Waals surface area contributed by atoms with Gasteiger partial charge in [-0.3, -0.25) is 4.79 Å². The minimum atomic E-state index is -4.39. The molecule has 0 aromatic heterocycles. The van der Waals surface area contributed by atoms with Crippen molar-refractivity contribution in [2.24, 2.45) is 11.8 Å². The predicted octanol–water partition coefficient (Wildman–Crippen LogP) is 4.16. The van der Waals surface area contributed by atoms with Crippen LogP contribution >= 0.6 is 0 Å². The molecule has 8 heteroatoms. The first-order valence-corrected chi connectivity index (χ1v) is 10.2. The third kappa shape index (κ3) is 3.16. The van der Waals surface area contributed by atoms with E-state index in [2.05, 4.69) is 5.32 Å². The fourth-order valence-corrected chi connectivity index (χ4v) is 5.25. The first kappa shape index (κ1) is 20.0. The van der Waals surface area contributed by atoms with Gasteiger partial charge < -0.3 is 10.2 Å². The van der Waals surface area contributed by atoms with Crippen LogP contribution in [0.1, 0.15) is 50.7 Å². The van der Waals surface area contributed by atoms with Gasteiger partial charge in [-0.1, -0.05) is 20.3 Å². The number of nitrogens with zero attached hydrogens (tertiary/aromatic N) is 2. The van der Waals surface area contributed by atoms with Crippen LogP contribution in [0.2, 0.25) is 0 Å². The molecule has 158 valence electrons. The van der Waals surface area contributed by atoms with Crippen molar-refractivity contribution in [1.82, 2.24) is 10.2 Å². The minimum absolute atomic E-state index is 0.0516. The fourth-order valence-electron chi connectivity index (χ4n) is 5.25. The number of imide groups is 1. The maximum atomic E-state index is 13.4. The number of urea groups is 1. The Hall–Kier alpha value is -2.25. The Morgan fingerprint density at radius 3 is 2.48 bits per heavy atom. The zero-order valence-corrected chi connectivity index (χ0v) is 16.7. The molecule has 1 N–H and O–H groups in total. The fraction of sp³-hybridized carbons (Fsp3) is 0.619. The second-order valence-electron chi connectivity index (χ2n) is 8.62. The minimum Gasteiger partial charge on any atom is -0.353 e. The van der Waals surface area contributed by atoms with Gasteiger partial charge in [0.15, 0.2) is 0 Å². The van der Waals surface area contributed by atoms with Gasteiger partial charge in [-0.25, -0.2) is 9.69 Å². The number of nitrogens with one attached hydrogen (secondary N) is 1. The van der Waals surface area contributed by atoms with Crippen molar-refractivity contribution in [3.8, 4) is 0 Å². The van der Waals surface area contributed by atoms with Gasteiger partial charge in [0.25, 0.3) is 5.91 Å². The van der Waals surface area contributed by atoms with Crippen molar-refractivity contribution in [2.45, 2.75) is 57.7 Å². The van der Waals surface area contributed by atoms with Gasteiger partial charge in [-0.2, -0.15) is 13.2 Å². The van der Waals surface area contributed by atoms with E-state index < -0.39 is 23.3 Å². The lowest BCUT2D eigenvalue weighted by molar-refractivity contribution is -0.138. The van der Waals surface area contributed by atoms with E-state index in [1.54, 1.807) is 0 Å². The molecular weight excluding hydrogens is 383 g/mol. The number of amides is 3. The maximum absolute atomic E-state index is 13.4. The van der Waals surface area contributed by atoms with Crippen LogP contribution < -0.4 is 10.2 Å². The molecule has 1 aromatic carbocycles. The summed E-state index contributed by atoms with van der Waals surface area (Å²) in [5.74, 6) is -0.104. The quantitative estimate of drug-likeness (QED) is 0.747. The van der Waals surface area contributed by atoms with Crippen molar-refractivity contribution >= 4 is 17.6 Å². The number of hydrogen-bond acceptors (Lipinski definition) is 3. The molecule has 0 unspecified atom stereocenters. The molecule has 2 aliphatic heterocycles. The van der Waals surface area contributed by atoms with E-state index in [0.717, 1.165) is 25.3 Å². The van der Waals surface area contributed by atoms with Crippen molar-refractivity contribution in [1.29, 1.82) is 0 Å². The van der Waals surface area contributed by atoms with Gasteiger partial charge >= 0.3 is 12.2 Å². The van der Waals surface area contributed by atoms with E-state index in [4.69, 9.17) is 0 Å². The highest BCUT2D eigenvalue weighted by molar-refractivity contribution is 6.07. The molecule has 0 bridgehead atoms. The Kier molecular flexibility index (Phi) is 4.78. The van der Waals surface area contributed by atoms with Crippen LogP contribution in [0.4, 0.5) is 23.7 Å². The topological polar surface area (TPSA) is 52.7 Å². The van der Waals surface area contributed by atoms with Gasteiger partial charge in [-0.15, -0.1) is 0 Å². The SMILES string of the molecule is C[C@@H]1CCC[C@@H](C)C12NC(=O)N(CN1CCCc3cc(C(F)(F)F)ccc31)C2=O. The zero-order chi connectivity index (χ0) is 21.0. The molecule has 2 atom stereocenters. The van der Waals surface area contributed by atoms with Crippen molar-refractivity contribution < 1.29 is 22.8 Å². The van der Waals surface area contributed by atoms with Crippen molar-refractivity contribution in [2.75, 3.05) is 18.1 Å². The van der Waals surface area contributed by atoms with E-state index in [1.165, 1.54) is 17.0 Å². The average molecular weight is 409 g/mol. The summed E-state index contributed by atoms with van der Waals surface area (Å²) in [6.07, 6.45) is -0.353. The first-order chi connectivity index (χ1) is 13.6. The lowest BCUT2D eigenvalue weighted by atomic mass is 9.67. The van der Waals surface area contributed by atoms with Crippen LogP contribution in [0.25, 0.3) is 0 Å². The van der Waals surface area contributed by atoms with E-state index in [-0.39, 0.29) is 24.4 Å². The molecule has 0 radical (unpaired) electrons. The number of hydrogen-bond donors (Lipinski definition) is 1. The predicted molar refractivity (Wildman–Crippen MR) is 102 cm³/mol. The van der Waals surface area contributed by atoms with Crippen LogP contribution in [0.15, 0.2) is 18.2 Å². The number of rotatable bonds is 2. The number of aryl methyl sites for hydroxylation is 1. The summed E-state index contributed by atoms with van der Waals surface area (Å²) in [6.45, 7) is 4.66. The summed E-state index contributed by atoms with van der Waals surface area (Å²) in [4.78, 5) is 29.2. The number of anilines is 1. The van der Waals surface area contributed by atoms with Crippen molar-refractivity contribution in [3.05, 3.63) is 29.3 Å². The molecule has 2 fully saturated rings. The molecule has 3 amide bonds. The highest BCUT2D eigenvalue weighted by atomic mass is 19.4. The van der Waals surface area contributed by atoms with Gasteiger partial charge in [0.2, 0.25) is 0 Å². The van der Waals surface area contributed by atoms with E-state index >= 15 is 0 Å². The van der Waals surface area contributed by atoms with Gasteiger partial charge in [0, 0.05) is 12.2 Å². The maximum Gasteiger partial charge on any atom is 0.416 e. The summed E-state index contributed by atoms with van der Waals surface area (Å²) in [5, 5.41) is 2.97. The summed E-state index contributed by atoms with van der Waals surface area (Å²) in [5.41, 5.74) is -0.270. The molecule has 5 nitrogen and oxygen atoms in total. The molecular formula is C21H26F3N3O2. The van der Waals surface area contributed by atoms with Gasteiger partial charge in [-0.05, 0) is 61.3 Å².